The van der Waals surface area contributed by atoms with Crippen LogP contribution in [0.1, 0.15) is 17.3 Å². The summed E-state index contributed by atoms with van der Waals surface area (Å²) in [5.41, 5.74) is 0.973. The van der Waals surface area contributed by atoms with Crippen molar-refractivity contribution in [2.75, 3.05) is 36.2 Å². The number of piperazine rings is 1. The van der Waals surface area contributed by atoms with Crippen molar-refractivity contribution in [3.05, 3.63) is 29.8 Å². The molecule has 4 rings (SSSR count). The Hall–Kier alpha value is -2.39. The lowest BCUT2D eigenvalue weighted by molar-refractivity contribution is -0.649. The monoisotopic (exact) mass is 389 g/mol. The van der Waals surface area contributed by atoms with Crippen LogP contribution >= 0.6 is 11.8 Å². The molecule has 3 aliphatic rings. The molecule has 1 aromatic rings. The first-order valence-corrected chi connectivity index (χ1v) is 10.1. The number of carbonyl (C=O) groups is 4. The van der Waals surface area contributed by atoms with Crippen molar-refractivity contribution in [2.45, 2.75) is 19.0 Å². The van der Waals surface area contributed by atoms with E-state index in [1.165, 1.54) is 11.8 Å². The summed E-state index contributed by atoms with van der Waals surface area (Å²) >= 11 is 1.73. The van der Waals surface area contributed by atoms with Gasteiger partial charge in [0.15, 0.2) is 11.8 Å². The van der Waals surface area contributed by atoms with Crippen LogP contribution in [0.5, 0.6) is 0 Å². The van der Waals surface area contributed by atoms with Crippen LogP contribution in [0.15, 0.2) is 24.3 Å². The Morgan fingerprint density at radius 2 is 1.89 bits per heavy atom. The molecule has 0 saturated carbocycles. The van der Waals surface area contributed by atoms with E-state index in [2.05, 4.69) is 0 Å². The Morgan fingerprint density at radius 1 is 1.15 bits per heavy atom. The summed E-state index contributed by atoms with van der Waals surface area (Å²) in [5, 5.41) is 2.02. The lowest BCUT2D eigenvalue weighted by atomic mass is 10.1. The maximum Gasteiger partial charge on any atom is 0.332 e. The first kappa shape index (κ1) is 18.0. The number of amides is 4. The van der Waals surface area contributed by atoms with Gasteiger partial charge in [-0.25, -0.2) is 9.69 Å². The van der Waals surface area contributed by atoms with E-state index in [0.717, 1.165) is 16.5 Å². The highest BCUT2D eigenvalue weighted by molar-refractivity contribution is 7.99. The molecule has 2 N–H and O–H groups in total. The Labute approximate surface area is 160 Å². The number of hydrogen-bond acceptors (Lipinski definition) is 5. The molecular formula is C18H21N4O4S+. The quantitative estimate of drug-likeness (QED) is 0.556. The van der Waals surface area contributed by atoms with Crippen LogP contribution < -0.4 is 10.2 Å². The van der Waals surface area contributed by atoms with Gasteiger partial charge in [-0.05, 0) is 31.2 Å². The topological polar surface area (TPSA) is 94.6 Å². The van der Waals surface area contributed by atoms with E-state index in [1.807, 2.05) is 5.32 Å². The zero-order valence-electron chi connectivity index (χ0n) is 15.0. The number of urea groups is 1. The lowest BCUT2D eigenvalue weighted by Crippen LogP contribution is -2.90. The number of nitrogens with zero attached hydrogens (tertiary/aromatic N) is 3. The molecule has 27 heavy (non-hydrogen) atoms. The van der Waals surface area contributed by atoms with Gasteiger partial charge in [-0.1, -0.05) is 11.8 Å². The highest BCUT2D eigenvalue weighted by atomic mass is 32.2. The zero-order valence-corrected chi connectivity index (χ0v) is 15.8. The van der Waals surface area contributed by atoms with Gasteiger partial charge in [0.1, 0.15) is 11.9 Å². The number of benzene rings is 1. The number of anilines is 1. The van der Waals surface area contributed by atoms with Crippen LogP contribution in [-0.2, 0) is 9.59 Å². The van der Waals surface area contributed by atoms with Crippen molar-refractivity contribution in [1.82, 2.24) is 9.80 Å². The van der Waals surface area contributed by atoms with Crippen LogP contribution in [-0.4, -0.2) is 76.8 Å². The number of rotatable bonds is 3. The standard InChI is InChI=1S/C18H20N4O4S/c1-11(23)12-2-4-13(5-3-12)22-17(25)15-8-20(6-7-21(15)18(22)26)16(24)14-9-27-10-19-14/h2-5,14-15,19H,6-10H2,1H3/p+1/t14-,15-/m0/s1. The fraction of sp³-hybridized carbons (Fsp3) is 0.444. The number of hydrogen-bond donors (Lipinski definition) is 1. The van der Waals surface area contributed by atoms with Crippen molar-refractivity contribution < 1.29 is 24.5 Å². The van der Waals surface area contributed by atoms with E-state index in [4.69, 9.17) is 0 Å². The summed E-state index contributed by atoms with van der Waals surface area (Å²) in [6, 6.07) is 5.34. The number of carbonyl (C=O) groups excluding carboxylic acids is 4. The van der Waals surface area contributed by atoms with Crippen molar-refractivity contribution in [3.8, 4) is 0 Å². The lowest BCUT2D eigenvalue weighted by Gasteiger charge is -2.35. The van der Waals surface area contributed by atoms with Crippen molar-refractivity contribution in [3.63, 3.8) is 0 Å². The van der Waals surface area contributed by atoms with Crippen molar-refractivity contribution in [2.24, 2.45) is 0 Å². The SMILES string of the molecule is CC(=O)c1ccc(N2C(=O)[C@@H]3CN(C(=O)[C@@H]4CSC[NH2+]4)CCN3C2=O)cc1. The molecule has 0 aliphatic carbocycles. The van der Waals surface area contributed by atoms with E-state index in [0.29, 0.717) is 24.3 Å². The highest BCUT2D eigenvalue weighted by Crippen LogP contribution is 2.28. The number of ketones is 1. The van der Waals surface area contributed by atoms with Gasteiger partial charge in [-0.2, -0.15) is 0 Å². The van der Waals surface area contributed by atoms with Crippen LogP contribution in [0, 0.1) is 0 Å². The molecule has 2 atom stereocenters. The molecule has 1 aromatic carbocycles. The van der Waals surface area contributed by atoms with E-state index in [-0.39, 0.29) is 36.2 Å². The minimum atomic E-state index is -0.642. The fourth-order valence-electron chi connectivity index (χ4n) is 3.73. The summed E-state index contributed by atoms with van der Waals surface area (Å²) < 4.78 is 0. The Bertz CT molecular complexity index is 806. The molecule has 3 aliphatic heterocycles. The summed E-state index contributed by atoms with van der Waals surface area (Å²) in [6.45, 7) is 2.50. The minimum absolute atomic E-state index is 0.0455. The zero-order chi connectivity index (χ0) is 19.1. The third kappa shape index (κ3) is 3.10. The van der Waals surface area contributed by atoms with E-state index in [9.17, 15) is 19.2 Å². The Balaban J connectivity index is 1.52. The van der Waals surface area contributed by atoms with E-state index >= 15 is 0 Å². The van der Waals surface area contributed by atoms with Gasteiger partial charge in [0.2, 0.25) is 0 Å². The second-order valence-corrected chi connectivity index (χ2v) is 8.01. The largest absolute Gasteiger partial charge is 0.333 e. The van der Waals surface area contributed by atoms with Crippen LogP contribution in [0.25, 0.3) is 0 Å². The first-order valence-electron chi connectivity index (χ1n) is 8.93. The molecule has 4 amide bonds. The van der Waals surface area contributed by atoms with Crippen molar-refractivity contribution >= 4 is 41.1 Å². The summed E-state index contributed by atoms with van der Waals surface area (Å²) in [5.74, 6) is 1.31. The number of quaternary nitrogens is 1. The number of fused-ring (bicyclic) bond motifs is 1. The van der Waals surface area contributed by atoms with Gasteiger partial charge >= 0.3 is 6.03 Å². The molecule has 142 valence electrons. The van der Waals surface area contributed by atoms with Crippen molar-refractivity contribution in [1.29, 1.82) is 0 Å². The summed E-state index contributed by atoms with van der Waals surface area (Å²) in [7, 11) is 0. The van der Waals surface area contributed by atoms with Gasteiger partial charge in [-0.3, -0.25) is 14.4 Å². The predicted octanol–water partition coefficient (Wildman–Crippen LogP) is -0.495. The average molecular weight is 389 g/mol. The van der Waals surface area contributed by atoms with Gasteiger partial charge in [-0.15, -0.1) is 0 Å². The van der Waals surface area contributed by atoms with Gasteiger partial charge < -0.3 is 15.1 Å². The fourth-order valence-corrected chi connectivity index (χ4v) is 4.77. The molecular weight excluding hydrogens is 368 g/mol. The number of Topliss-reactive ketones (excluding diaryl/α,β-unsaturated/α-hetero) is 1. The molecule has 9 heteroatoms. The molecule has 3 heterocycles. The highest BCUT2D eigenvalue weighted by Gasteiger charge is 2.49. The molecule has 0 radical (unpaired) electrons. The maximum atomic E-state index is 12.9. The average Bonchev–Trinajstić information content (AvgIpc) is 3.29. The smallest absolute Gasteiger partial charge is 0.332 e. The Kier molecular flexibility index (Phi) is 4.65. The van der Waals surface area contributed by atoms with E-state index < -0.39 is 6.04 Å². The predicted molar refractivity (Wildman–Crippen MR) is 99.4 cm³/mol. The number of nitrogens with two attached hydrogens (primary N) is 1. The second kappa shape index (κ2) is 6.97. The van der Waals surface area contributed by atoms with Gasteiger partial charge in [0.25, 0.3) is 11.8 Å². The molecule has 0 aromatic heterocycles. The molecule has 3 saturated heterocycles. The second-order valence-electron chi connectivity index (χ2n) is 6.93. The number of thioether (sulfide) groups is 1. The third-order valence-electron chi connectivity index (χ3n) is 5.28. The summed E-state index contributed by atoms with van der Waals surface area (Å²) in [6.07, 6.45) is 0. The Morgan fingerprint density at radius 3 is 2.52 bits per heavy atom. The van der Waals surface area contributed by atoms with Gasteiger partial charge in [0, 0.05) is 18.7 Å². The van der Waals surface area contributed by atoms with Gasteiger partial charge in [0.05, 0.1) is 18.0 Å². The van der Waals surface area contributed by atoms with Crippen LogP contribution in [0.3, 0.4) is 0 Å². The molecule has 0 bridgehead atoms. The third-order valence-corrected chi connectivity index (χ3v) is 6.30. The summed E-state index contributed by atoms with van der Waals surface area (Å²) in [4.78, 5) is 54.1. The molecule has 8 nitrogen and oxygen atoms in total. The van der Waals surface area contributed by atoms with Crippen LogP contribution in [0.4, 0.5) is 10.5 Å². The molecule has 3 fully saturated rings. The number of imide groups is 1. The molecule has 0 unspecified atom stereocenters. The normalized spacial score (nSPS) is 25.1. The maximum absolute atomic E-state index is 12.9. The van der Waals surface area contributed by atoms with Crippen LogP contribution in [0.2, 0.25) is 0 Å². The minimum Gasteiger partial charge on any atom is -0.333 e. The first-order chi connectivity index (χ1) is 13.0. The van der Waals surface area contributed by atoms with E-state index in [1.54, 1.807) is 40.9 Å². The molecule has 0 spiro atoms.